The molecule has 1 aliphatic heterocycles. The number of carbonyl (C=O) groups is 2. The van der Waals surface area contributed by atoms with Crippen molar-refractivity contribution in [1.29, 1.82) is 0 Å². The van der Waals surface area contributed by atoms with Crippen molar-refractivity contribution in [2.75, 3.05) is 6.61 Å². The first-order chi connectivity index (χ1) is 10.1. The number of ketones is 1. The van der Waals surface area contributed by atoms with Gasteiger partial charge in [-0.3, -0.25) is 4.79 Å². The molecule has 21 heavy (non-hydrogen) atoms. The fraction of sp³-hybridized carbons (Fsp3) is 0.176. The average Bonchev–Trinajstić information content (AvgIpc) is 2.75. The molecule has 0 unspecified atom stereocenters. The molecule has 4 heteroatoms. The molecule has 0 amide bonds. The number of rotatable bonds is 4. The summed E-state index contributed by atoms with van der Waals surface area (Å²) in [7, 11) is 0. The molecule has 108 valence electrons. The molecule has 0 radical (unpaired) electrons. The van der Waals surface area contributed by atoms with Crippen LogP contribution in [0.2, 0.25) is 0 Å². The highest BCUT2D eigenvalue weighted by Crippen LogP contribution is 2.25. The maximum Gasteiger partial charge on any atom is 0.345 e. The van der Waals surface area contributed by atoms with Crippen molar-refractivity contribution in [3.05, 3.63) is 65.1 Å². The zero-order valence-electron chi connectivity index (χ0n) is 12.0. The van der Waals surface area contributed by atoms with Crippen molar-refractivity contribution in [2.24, 2.45) is 0 Å². The highest BCUT2D eigenvalue weighted by molar-refractivity contribution is 6.25. The number of hydrogen-bond acceptors (Lipinski definition) is 4. The average molecular weight is 284 g/mol. The van der Waals surface area contributed by atoms with E-state index in [-0.39, 0.29) is 23.7 Å². The highest BCUT2D eigenvalue weighted by atomic mass is 16.5. The normalized spacial score (nSPS) is 16.7. The number of ether oxygens (including phenoxy) is 2. The Bertz CT molecular complexity index is 636. The molecule has 0 atom stereocenters. The summed E-state index contributed by atoms with van der Waals surface area (Å²) in [5, 5.41) is 0. The lowest BCUT2D eigenvalue weighted by molar-refractivity contribution is -0.139. The van der Waals surface area contributed by atoms with Crippen LogP contribution in [0.15, 0.2) is 59.6 Å². The summed E-state index contributed by atoms with van der Waals surface area (Å²) in [6.07, 6.45) is 5.11. The fourth-order valence-corrected chi connectivity index (χ4v) is 1.91. The Morgan fingerprint density at radius 1 is 1.29 bits per heavy atom. The number of benzene rings is 1. The Morgan fingerprint density at radius 2 is 2.00 bits per heavy atom. The van der Waals surface area contributed by atoms with Crippen molar-refractivity contribution in [3.63, 3.8) is 0 Å². The molecular weight excluding hydrogens is 268 g/mol. The number of Topliss-reactive ketones (excluding diaryl/α,β-unsaturated/α-hetero) is 1. The first kappa shape index (κ1) is 14.8. The topological polar surface area (TPSA) is 52.6 Å². The Morgan fingerprint density at radius 3 is 2.67 bits per heavy atom. The summed E-state index contributed by atoms with van der Waals surface area (Å²) in [4.78, 5) is 23.8. The molecule has 0 saturated heterocycles. The van der Waals surface area contributed by atoms with E-state index in [1.165, 1.54) is 0 Å². The Balaban J connectivity index is 2.11. The molecule has 0 saturated carbocycles. The summed E-state index contributed by atoms with van der Waals surface area (Å²) < 4.78 is 10.2. The minimum absolute atomic E-state index is 0.0313. The lowest BCUT2D eigenvalue weighted by atomic mass is 10.1. The summed E-state index contributed by atoms with van der Waals surface area (Å²) in [5.74, 6) is -0.681. The predicted molar refractivity (Wildman–Crippen MR) is 79.0 cm³/mol. The van der Waals surface area contributed by atoms with Crippen molar-refractivity contribution >= 4 is 17.8 Å². The van der Waals surface area contributed by atoms with Gasteiger partial charge in [0.05, 0.1) is 6.61 Å². The standard InChI is InChI=1S/C17H16O4/c1-3-20-17(19)15-12(2)21-14(16(15)18)11-7-10-13-8-5-4-6-9-13/h4-11H,3H2,1-2H3/b10-7+,14-11+. The van der Waals surface area contributed by atoms with Crippen molar-refractivity contribution in [3.8, 4) is 0 Å². The molecule has 0 aliphatic carbocycles. The zero-order valence-corrected chi connectivity index (χ0v) is 12.0. The second-order valence-corrected chi connectivity index (χ2v) is 4.38. The van der Waals surface area contributed by atoms with E-state index in [0.29, 0.717) is 0 Å². The minimum Gasteiger partial charge on any atom is -0.462 e. The molecule has 0 spiro atoms. The second kappa shape index (κ2) is 6.70. The van der Waals surface area contributed by atoms with E-state index in [1.807, 2.05) is 36.4 Å². The van der Waals surface area contributed by atoms with Gasteiger partial charge in [-0.2, -0.15) is 0 Å². The van der Waals surface area contributed by atoms with Crippen LogP contribution in [0.25, 0.3) is 6.08 Å². The lowest BCUT2D eigenvalue weighted by Crippen LogP contribution is -2.14. The van der Waals surface area contributed by atoms with Gasteiger partial charge in [-0.25, -0.2) is 4.79 Å². The molecule has 1 aromatic carbocycles. The van der Waals surface area contributed by atoms with Crippen LogP contribution >= 0.6 is 0 Å². The van der Waals surface area contributed by atoms with Gasteiger partial charge >= 0.3 is 5.97 Å². The Labute approximate surface area is 123 Å². The monoisotopic (exact) mass is 284 g/mol. The molecule has 2 rings (SSSR count). The van der Waals surface area contributed by atoms with Crippen molar-refractivity contribution in [1.82, 2.24) is 0 Å². The van der Waals surface area contributed by atoms with Gasteiger partial charge in [0.1, 0.15) is 11.3 Å². The Hall–Kier alpha value is -2.62. The van der Waals surface area contributed by atoms with Gasteiger partial charge < -0.3 is 9.47 Å². The van der Waals surface area contributed by atoms with Crippen molar-refractivity contribution < 1.29 is 19.1 Å². The number of carbonyl (C=O) groups excluding carboxylic acids is 2. The third-order valence-corrected chi connectivity index (χ3v) is 2.88. The number of esters is 1. The van der Waals surface area contributed by atoms with Gasteiger partial charge in [-0.15, -0.1) is 0 Å². The smallest absolute Gasteiger partial charge is 0.345 e. The molecule has 1 heterocycles. The van der Waals surface area contributed by atoms with Crippen LogP contribution in [0.5, 0.6) is 0 Å². The predicted octanol–water partition coefficient (Wildman–Crippen LogP) is 3.02. The lowest BCUT2D eigenvalue weighted by Gasteiger charge is -1.99. The quantitative estimate of drug-likeness (QED) is 0.484. The molecule has 0 fully saturated rings. The molecule has 0 aromatic heterocycles. The van der Waals surface area contributed by atoms with Crippen molar-refractivity contribution in [2.45, 2.75) is 13.8 Å². The maximum atomic E-state index is 12.1. The summed E-state index contributed by atoms with van der Waals surface area (Å²) in [6.45, 7) is 3.48. The van der Waals surface area contributed by atoms with Crippen LogP contribution in [0.1, 0.15) is 19.4 Å². The van der Waals surface area contributed by atoms with Gasteiger partial charge in [0, 0.05) is 0 Å². The maximum absolute atomic E-state index is 12.1. The zero-order chi connectivity index (χ0) is 15.2. The molecule has 0 N–H and O–H groups in total. The molecule has 1 aromatic rings. The van der Waals surface area contributed by atoms with E-state index in [4.69, 9.17) is 9.47 Å². The van der Waals surface area contributed by atoms with E-state index in [2.05, 4.69) is 0 Å². The summed E-state index contributed by atoms with van der Waals surface area (Å²) >= 11 is 0. The second-order valence-electron chi connectivity index (χ2n) is 4.38. The SMILES string of the molecule is CCOC(=O)C1=C(C)O/C(=C/C=C/c2ccccc2)C1=O. The van der Waals surface area contributed by atoms with E-state index in [9.17, 15) is 9.59 Å². The van der Waals surface area contributed by atoms with Gasteiger partial charge in [0.15, 0.2) is 5.76 Å². The Kier molecular flexibility index (Phi) is 4.72. The summed E-state index contributed by atoms with van der Waals surface area (Å²) in [5.41, 5.74) is 0.978. The first-order valence-corrected chi connectivity index (χ1v) is 6.67. The molecule has 1 aliphatic rings. The third-order valence-electron chi connectivity index (χ3n) is 2.88. The van der Waals surface area contributed by atoms with E-state index < -0.39 is 11.8 Å². The largest absolute Gasteiger partial charge is 0.462 e. The molecule has 4 nitrogen and oxygen atoms in total. The highest BCUT2D eigenvalue weighted by Gasteiger charge is 2.33. The van der Waals surface area contributed by atoms with Crippen LogP contribution in [-0.4, -0.2) is 18.4 Å². The van der Waals surface area contributed by atoms with Gasteiger partial charge in [0.25, 0.3) is 0 Å². The van der Waals surface area contributed by atoms with Crippen LogP contribution in [-0.2, 0) is 19.1 Å². The van der Waals surface area contributed by atoms with E-state index >= 15 is 0 Å². The molecule has 0 bridgehead atoms. The number of allylic oxidation sites excluding steroid dienone is 4. The van der Waals surface area contributed by atoms with Crippen LogP contribution in [0.3, 0.4) is 0 Å². The third kappa shape index (κ3) is 3.48. The fourth-order valence-electron chi connectivity index (χ4n) is 1.91. The minimum atomic E-state index is -0.643. The van der Waals surface area contributed by atoms with Gasteiger partial charge in [0.2, 0.25) is 5.78 Å². The van der Waals surface area contributed by atoms with Gasteiger partial charge in [-0.1, -0.05) is 42.5 Å². The van der Waals surface area contributed by atoms with Crippen LogP contribution in [0, 0.1) is 0 Å². The van der Waals surface area contributed by atoms with E-state index in [1.54, 1.807) is 26.0 Å². The number of hydrogen-bond donors (Lipinski definition) is 0. The first-order valence-electron chi connectivity index (χ1n) is 6.67. The van der Waals surface area contributed by atoms with Gasteiger partial charge in [-0.05, 0) is 25.5 Å². The van der Waals surface area contributed by atoms with Crippen LogP contribution in [0.4, 0.5) is 0 Å². The summed E-state index contributed by atoms with van der Waals surface area (Å²) in [6, 6.07) is 9.67. The molecular formula is C17H16O4. The van der Waals surface area contributed by atoms with Crippen LogP contribution < -0.4 is 0 Å². The van der Waals surface area contributed by atoms with E-state index in [0.717, 1.165) is 5.56 Å².